The van der Waals surface area contributed by atoms with Crippen LogP contribution in [0, 0.1) is 19.3 Å². The van der Waals surface area contributed by atoms with Gasteiger partial charge in [-0.3, -0.25) is 0 Å². The molecule has 0 aromatic rings. The second-order valence-corrected chi connectivity index (χ2v) is 3.29. The number of nitrogens with zero attached hydrogens (tertiary/aromatic N) is 1. The van der Waals surface area contributed by atoms with Crippen molar-refractivity contribution >= 4 is 0 Å². The van der Waals surface area contributed by atoms with E-state index in [9.17, 15) is 0 Å². The van der Waals surface area contributed by atoms with Gasteiger partial charge in [-0.15, -0.1) is 0 Å². The number of rotatable bonds is 0. The first-order valence-corrected chi connectivity index (χ1v) is 4.58. The number of hydrogen-bond acceptors (Lipinski definition) is 1. The summed E-state index contributed by atoms with van der Waals surface area (Å²) < 4.78 is 0. The van der Waals surface area contributed by atoms with Crippen LogP contribution in [-0.2, 0) is 95.9 Å². The van der Waals surface area contributed by atoms with Crippen molar-refractivity contribution < 1.29 is 95.9 Å². The van der Waals surface area contributed by atoms with E-state index in [1.165, 1.54) is 26.1 Å². The summed E-state index contributed by atoms with van der Waals surface area (Å²) in [4.78, 5) is 2.58. The van der Waals surface area contributed by atoms with Crippen molar-refractivity contribution in [3.63, 3.8) is 0 Å². The molecule has 3 unspecified atom stereocenters. The van der Waals surface area contributed by atoms with Crippen LogP contribution in [0.5, 0.6) is 0 Å². The Morgan fingerprint density at radius 2 is 1.47 bits per heavy atom. The van der Waals surface area contributed by atoms with Crippen LogP contribution in [0.4, 0.5) is 0 Å². The fraction of sp³-hybridized carbons (Fsp3) is 0.900. The van der Waals surface area contributed by atoms with Gasteiger partial charge in [0.15, 0.2) is 0 Å². The van der Waals surface area contributed by atoms with Crippen LogP contribution in [-0.4, -0.2) is 24.5 Å². The molecule has 2 fully saturated rings. The van der Waals surface area contributed by atoms with Gasteiger partial charge >= 0.3 is 0 Å². The van der Waals surface area contributed by atoms with Crippen molar-refractivity contribution in [3.8, 4) is 0 Å². The molecule has 5 heteroatoms. The van der Waals surface area contributed by atoms with Crippen LogP contribution >= 0.6 is 0 Å². The zero-order chi connectivity index (χ0) is 7.56. The SMILES string of the molecule is CC.CC1CN2CCC1C2.[CH3-].[W].[W].[W].[Y]. The Morgan fingerprint density at radius 1 is 1.00 bits per heavy atom. The monoisotopic (exact) mass is 797 g/mol. The predicted octanol–water partition coefficient (Wildman–Crippen LogP) is 2.42. The van der Waals surface area contributed by atoms with Gasteiger partial charge in [0.2, 0.25) is 0 Å². The second-order valence-electron chi connectivity index (χ2n) is 3.29. The molecule has 2 aliphatic heterocycles. The molecule has 0 aliphatic carbocycles. The van der Waals surface area contributed by atoms with Gasteiger partial charge in [0.1, 0.15) is 0 Å². The standard InChI is InChI=1S/C7H13N.C2H6.CH3.3W.Y/c1-6-4-8-3-2-7(6)5-8;1-2;;;;;/h6-7H,2-5H2,1H3;1-2H3;1H3;;;;/q;;-1;;;;. The second kappa shape index (κ2) is 17.1. The van der Waals surface area contributed by atoms with E-state index in [1.807, 2.05) is 13.8 Å². The maximum atomic E-state index is 2.58. The average Bonchev–Trinajstić information content (AvgIpc) is 2.52. The van der Waals surface area contributed by atoms with Crippen LogP contribution < -0.4 is 0 Å². The molecule has 2 bridgehead atoms. The third-order valence-corrected chi connectivity index (χ3v) is 2.66. The molecule has 89 valence electrons. The summed E-state index contributed by atoms with van der Waals surface area (Å²) in [5.41, 5.74) is 0. The normalized spacial score (nSPS) is 28.6. The Kier molecular flexibility index (Phi) is 35.2. The third-order valence-electron chi connectivity index (χ3n) is 2.66. The molecule has 15 heavy (non-hydrogen) atoms. The van der Waals surface area contributed by atoms with Gasteiger partial charge in [0.25, 0.3) is 0 Å². The minimum Gasteiger partial charge on any atom is -0.358 e. The Morgan fingerprint density at radius 3 is 1.60 bits per heavy atom. The van der Waals surface area contributed by atoms with E-state index in [4.69, 9.17) is 0 Å². The molecule has 2 rings (SSSR count). The summed E-state index contributed by atoms with van der Waals surface area (Å²) in [5, 5.41) is 0. The molecule has 0 amide bonds. The largest absolute Gasteiger partial charge is 0.358 e. The van der Waals surface area contributed by atoms with E-state index in [2.05, 4.69) is 11.8 Å². The smallest absolute Gasteiger partial charge is 0.00133 e. The molecule has 0 saturated carbocycles. The van der Waals surface area contributed by atoms with E-state index in [1.54, 1.807) is 0 Å². The maximum absolute atomic E-state index is 2.58. The predicted molar refractivity (Wildman–Crippen MR) is 51.5 cm³/mol. The molecule has 1 nitrogen and oxygen atoms in total. The van der Waals surface area contributed by atoms with Gasteiger partial charge in [-0.1, -0.05) is 20.8 Å². The van der Waals surface area contributed by atoms with Crippen molar-refractivity contribution in [1.82, 2.24) is 4.90 Å². The molecule has 1 radical (unpaired) electrons. The van der Waals surface area contributed by atoms with Gasteiger partial charge in [-0.2, -0.15) is 0 Å². The molecule has 3 atom stereocenters. The van der Waals surface area contributed by atoms with Gasteiger partial charge in [0, 0.05) is 109 Å². The van der Waals surface area contributed by atoms with Gasteiger partial charge < -0.3 is 12.3 Å². The Bertz CT molecular complexity index is 115. The summed E-state index contributed by atoms with van der Waals surface area (Å²) in [7, 11) is 0. The molecular formula is C10H22NW3Y-. The van der Waals surface area contributed by atoms with Crippen LogP contribution in [0.2, 0.25) is 0 Å². The topological polar surface area (TPSA) is 3.24 Å². The molecule has 2 aliphatic rings. The van der Waals surface area contributed by atoms with Gasteiger partial charge in [-0.25, -0.2) is 0 Å². The number of hydrogen-bond donors (Lipinski definition) is 0. The van der Waals surface area contributed by atoms with Crippen LogP contribution in [0.25, 0.3) is 0 Å². The van der Waals surface area contributed by atoms with Crippen molar-refractivity contribution in [2.24, 2.45) is 11.8 Å². The van der Waals surface area contributed by atoms with E-state index < -0.39 is 0 Å². The fourth-order valence-electron chi connectivity index (χ4n) is 2.05. The Hall–Kier alpha value is 3.13. The minimum atomic E-state index is 0. The Labute approximate surface area is 164 Å². The zero-order valence-corrected chi connectivity index (χ0v) is 21.9. The van der Waals surface area contributed by atoms with E-state index in [0.717, 1.165) is 11.8 Å². The molecule has 0 aromatic carbocycles. The average molecular weight is 797 g/mol. The summed E-state index contributed by atoms with van der Waals surface area (Å²) in [6, 6.07) is 0. The van der Waals surface area contributed by atoms with Crippen LogP contribution in [0.3, 0.4) is 0 Å². The van der Waals surface area contributed by atoms with Crippen LogP contribution in [0.1, 0.15) is 27.2 Å². The number of piperidine rings is 1. The summed E-state index contributed by atoms with van der Waals surface area (Å²) in [6.45, 7) is 10.5. The zero-order valence-electron chi connectivity index (χ0n) is 10.2. The maximum Gasteiger partial charge on any atom is 0.00133 e. The van der Waals surface area contributed by atoms with E-state index >= 15 is 0 Å². The van der Waals surface area contributed by atoms with Crippen LogP contribution in [0.15, 0.2) is 0 Å². The summed E-state index contributed by atoms with van der Waals surface area (Å²) in [5.74, 6) is 2.07. The summed E-state index contributed by atoms with van der Waals surface area (Å²) >= 11 is 0. The molecule has 0 N–H and O–H groups in total. The number of fused-ring (bicyclic) bond motifs is 2. The van der Waals surface area contributed by atoms with Crippen molar-refractivity contribution in [2.75, 3.05) is 19.6 Å². The third kappa shape index (κ3) is 9.68. The first-order chi connectivity index (χ1) is 4.86. The first kappa shape index (κ1) is 30.9. The molecule has 2 saturated heterocycles. The minimum absolute atomic E-state index is 0. The summed E-state index contributed by atoms with van der Waals surface area (Å²) in [6.07, 6.45) is 1.47. The fourth-order valence-corrected chi connectivity index (χ4v) is 2.05. The van der Waals surface area contributed by atoms with Gasteiger partial charge in [0.05, 0.1) is 0 Å². The molecule has 0 spiro atoms. The molecular weight excluding hydrogens is 775 g/mol. The molecule has 0 aromatic heterocycles. The van der Waals surface area contributed by atoms with E-state index in [0.29, 0.717) is 0 Å². The first-order valence-electron chi connectivity index (χ1n) is 4.58. The van der Waals surface area contributed by atoms with Crippen molar-refractivity contribution in [2.45, 2.75) is 27.2 Å². The quantitative estimate of drug-likeness (QED) is 0.341. The van der Waals surface area contributed by atoms with Crippen molar-refractivity contribution in [1.29, 1.82) is 0 Å². The van der Waals surface area contributed by atoms with Gasteiger partial charge in [-0.05, 0) is 24.8 Å². The Balaban J connectivity index is -0.0000000454. The molecule has 2 heterocycles. The van der Waals surface area contributed by atoms with Crippen molar-refractivity contribution in [3.05, 3.63) is 7.43 Å². The van der Waals surface area contributed by atoms with E-state index in [-0.39, 0.29) is 103 Å².